The highest BCUT2D eigenvalue weighted by molar-refractivity contribution is 9.11. The fourth-order valence-corrected chi connectivity index (χ4v) is 8.48. The summed E-state index contributed by atoms with van der Waals surface area (Å²) in [6, 6.07) is 3.47. The molecule has 0 amide bonds. The van der Waals surface area contributed by atoms with Gasteiger partial charge in [0.2, 0.25) is 10.0 Å². The minimum absolute atomic E-state index is 0.246. The first-order valence-electron chi connectivity index (χ1n) is 7.69. The molecule has 21 heavy (non-hydrogen) atoms. The van der Waals surface area contributed by atoms with E-state index in [0.29, 0.717) is 10.8 Å². The summed E-state index contributed by atoms with van der Waals surface area (Å²) in [5, 5.41) is 0. The van der Waals surface area contributed by atoms with Crippen molar-refractivity contribution in [3.63, 3.8) is 0 Å². The van der Waals surface area contributed by atoms with E-state index in [1.807, 2.05) is 0 Å². The van der Waals surface area contributed by atoms with Crippen molar-refractivity contribution in [3.05, 3.63) is 15.9 Å². The van der Waals surface area contributed by atoms with E-state index in [1.165, 1.54) is 49.9 Å². The van der Waals surface area contributed by atoms with Gasteiger partial charge in [0.25, 0.3) is 0 Å². The van der Waals surface area contributed by atoms with Gasteiger partial charge in [-0.25, -0.2) is 13.1 Å². The van der Waals surface area contributed by atoms with Gasteiger partial charge in [-0.05, 0) is 89.8 Å². The molecular formula is C15H20BrNO2S2. The van der Waals surface area contributed by atoms with Gasteiger partial charge in [0.1, 0.15) is 4.21 Å². The van der Waals surface area contributed by atoms with Crippen molar-refractivity contribution in [1.82, 2.24) is 4.72 Å². The molecule has 1 N–H and O–H groups in total. The van der Waals surface area contributed by atoms with E-state index >= 15 is 0 Å². The molecule has 0 radical (unpaired) electrons. The maximum Gasteiger partial charge on any atom is 0.250 e. The van der Waals surface area contributed by atoms with Crippen LogP contribution in [0.25, 0.3) is 0 Å². The second-order valence-corrected chi connectivity index (χ2v) is 11.8. The Bertz CT molecular complexity index is 617. The molecule has 0 spiro atoms. The minimum Gasteiger partial charge on any atom is -0.210 e. The van der Waals surface area contributed by atoms with Crippen LogP contribution < -0.4 is 4.72 Å². The van der Waals surface area contributed by atoms with Gasteiger partial charge >= 0.3 is 0 Å². The Labute approximate surface area is 138 Å². The van der Waals surface area contributed by atoms with Crippen LogP contribution in [0.2, 0.25) is 0 Å². The van der Waals surface area contributed by atoms with E-state index in [9.17, 15) is 8.42 Å². The third kappa shape index (κ3) is 2.73. The van der Waals surface area contributed by atoms with Crippen LogP contribution >= 0.6 is 27.3 Å². The minimum atomic E-state index is -3.34. The molecule has 116 valence electrons. The van der Waals surface area contributed by atoms with E-state index < -0.39 is 10.0 Å². The summed E-state index contributed by atoms with van der Waals surface area (Å²) in [5.41, 5.74) is 0.246. The smallest absolute Gasteiger partial charge is 0.210 e. The molecule has 0 saturated heterocycles. The molecule has 4 aliphatic rings. The molecular weight excluding hydrogens is 370 g/mol. The van der Waals surface area contributed by atoms with Crippen molar-refractivity contribution in [2.45, 2.75) is 42.7 Å². The predicted molar refractivity (Wildman–Crippen MR) is 87.8 cm³/mol. The molecule has 5 rings (SSSR count). The summed E-state index contributed by atoms with van der Waals surface area (Å²) < 4.78 is 29.0. The second-order valence-electron chi connectivity index (χ2n) is 7.30. The van der Waals surface area contributed by atoms with Crippen LogP contribution in [0, 0.1) is 23.2 Å². The zero-order chi connectivity index (χ0) is 14.7. The predicted octanol–water partition coefficient (Wildman–Crippen LogP) is 4.01. The maximum atomic E-state index is 12.4. The number of halogens is 1. The van der Waals surface area contributed by atoms with Gasteiger partial charge in [-0.3, -0.25) is 0 Å². The summed E-state index contributed by atoms with van der Waals surface area (Å²) in [5.74, 6) is 2.57. The van der Waals surface area contributed by atoms with Gasteiger partial charge < -0.3 is 0 Å². The maximum absolute atomic E-state index is 12.4. The molecule has 4 aliphatic carbocycles. The van der Waals surface area contributed by atoms with Crippen molar-refractivity contribution < 1.29 is 8.42 Å². The van der Waals surface area contributed by atoms with Crippen LogP contribution in [-0.4, -0.2) is 15.0 Å². The largest absolute Gasteiger partial charge is 0.250 e. The summed E-state index contributed by atoms with van der Waals surface area (Å²) >= 11 is 4.61. The number of hydrogen-bond donors (Lipinski definition) is 1. The van der Waals surface area contributed by atoms with Crippen molar-refractivity contribution in [3.8, 4) is 0 Å². The Balaban J connectivity index is 1.49. The summed E-state index contributed by atoms with van der Waals surface area (Å²) in [4.78, 5) is 0. The third-order valence-corrected chi connectivity index (χ3v) is 9.13. The average molecular weight is 390 g/mol. The number of hydrogen-bond acceptors (Lipinski definition) is 3. The first-order valence-corrected chi connectivity index (χ1v) is 10.8. The Hall–Kier alpha value is 0.0900. The number of nitrogens with one attached hydrogen (secondary N) is 1. The van der Waals surface area contributed by atoms with E-state index in [2.05, 4.69) is 20.7 Å². The van der Waals surface area contributed by atoms with Crippen LogP contribution in [0.15, 0.2) is 20.1 Å². The third-order valence-electron chi connectivity index (χ3n) is 5.62. The Morgan fingerprint density at radius 2 is 1.71 bits per heavy atom. The lowest BCUT2D eigenvalue weighted by atomic mass is 9.50. The SMILES string of the molecule is O=S(=O)(NCC12CC3CC(CC(C3)C1)C2)c1ccc(Br)s1. The first kappa shape index (κ1) is 14.7. The highest BCUT2D eigenvalue weighted by Crippen LogP contribution is 2.59. The lowest BCUT2D eigenvalue weighted by molar-refractivity contribution is -0.0487. The van der Waals surface area contributed by atoms with E-state index in [-0.39, 0.29) is 5.41 Å². The summed E-state index contributed by atoms with van der Waals surface area (Å²) in [7, 11) is -3.34. The van der Waals surface area contributed by atoms with Crippen LogP contribution in [0.5, 0.6) is 0 Å². The van der Waals surface area contributed by atoms with Crippen LogP contribution in [0.1, 0.15) is 38.5 Å². The first-order chi connectivity index (χ1) is 9.94. The fraction of sp³-hybridized carbons (Fsp3) is 0.733. The zero-order valence-electron chi connectivity index (χ0n) is 11.8. The molecule has 0 atom stereocenters. The van der Waals surface area contributed by atoms with Crippen molar-refractivity contribution in [1.29, 1.82) is 0 Å². The van der Waals surface area contributed by atoms with Gasteiger partial charge in [0.15, 0.2) is 0 Å². The topological polar surface area (TPSA) is 46.2 Å². The molecule has 1 heterocycles. The normalized spacial score (nSPS) is 38.0. The van der Waals surface area contributed by atoms with E-state index in [1.54, 1.807) is 12.1 Å². The number of thiophene rings is 1. The van der Waals surface area contributed by atoms with Gasteiger partial charge in [-0.15, -0.1) is 11.3 Å². The zero-order valence-corrected chi connectivity index (χ0v) is 15.1. The molecule has 6 heteroatoms. The Kier molecular flexibility index (Phi) is 3.52. The molecule has 0 aromatic carbocycles. The van der Waals surface area contributed by atoms with Gasteiger partial charge in [-0.1, -0.05) is 0 Å². The summed E-state index contributed by atoms with van der Waals surface area (Å²) in [6.45, 7) is 0.633. The fourth-order valence-electron chi connectivity index (χ4n) is 5.27. The average Bonchev–Trinajstić information content (AvgIpc) is 2.83. The highest BCUT2D eigenvalue weighted by Gasteiger charge is 2.50. The van der Waals surface area contributed by atoms with Crippen molar-refractivity contribution in [2.75, 3.05) is 6.54 Å². The molecule has 4 saturated carbocycles. The number of rotatable bonds is 4. The molecule has 1 aromatic heterocycles. The Morgan fingerprint density at radius 3 is 2.19 bits per heavy atom. The number of sulfonamides is 1. The van der Waals surface area contributed by atoms with E-state index in [4.69, 9.17) is 0 Å². The van der Waals surface area contributed by atoms with Gasteiger partial charge in [0.05, 0.1) is 3.79 Å². The standard InChI is InChI=1S/C15H20BrNO2S2/c16-13-1-2-14(20-13)21(18,19)17-9-15-6-10-3-11(7-15)5-12(4-10)8-15/h1-2,10-12,17H,3-9H2. The molecule has 4 bridgehead atoms. The van der Waals surface area contributed by atoms with Crippen molar-refractivity contribution in [2.24, 2.45) is 23.2 Å². The second kappa shape index (κ2) is 5.05. The summed E-state index contributed by atoms with van der Waals surface area (Å²) in [6.07, 6.45) is 7.87. The van der Waals surface area contributed by atoms with Crippen LogP contribution in [0.4, 0.5) is 0 Å². The monoisotopic (exact) mass is 389 g/mol. The van der Waals surface area contributed by atoms with Crippen LogP contribution in [0.3, 0.4) is 0 Å². The molecule has 0 aliphatic heterocycles. The molecule has 4 fully saturated rings. The lowest BCUT2D eigenvalue weighted by Gasteiger charge is -2.56. The highest BCUT2D eigenvalue weighted by atomic mass is 79.9. The van der Waals surface area contributed by atoms with E-state index in [0.717, 1.165) is 21.5 Å². The van der Waals surface area contributed by atoms with Crippen LogP contribution in [-0.2, 0) is 10.0 Å². The molecule has 0 unspecified atom stereocenters. The van der Waals surface area contributed by atoms with Gasteiger partial charge in [0, 0.05) is 6.54 Å². The van der Waals surface area contributed by atoms with Gasteiger partial charge in [-0.2, -0.15) is 0 Å². The lowest BCUT2D eigenvalue weighted by Crippen LogP contribution is -2.51. The Morgan fingerprint density at radius 1 is 1.14 bits per heavy atom. The quantitative estimate of drug-likeness (QED) is 0.845. The molecule has 1 aromatic rings. The molecule has 3 nitrogen and oxygen atoms in total. The van der Waals surface area contributed by atoms with Crippen molar-refractivity contribution >= 4 is 37.3 Å².